The van der Waals surface area contributed by atoms with Gasteiger partial charge in [0.25, 0.3) is 5.91 Å². The Kier molecular flexibility index (Phi) is 6.46. The van der Waals surface area contributed by atoms with Gasteiger partial charge in [0.2, 0.25) is 0 Å². The van der Waals surface area contributed by atoms with Gasteiger partial charge in [-0.25, -0.2) is 4.98 Å². The van der Waals surface area contributed by atoms with Crippen molar-refractivity contribution in [3.05, 3.63) is 83.8 Å². The Labute approximate surface area is 197 Å². The molecule has 0 radical (unpaired) electrons. The smallest absolute Gasteiger partial charge is 0.255 e. The lowest BCUT2D eigenvalue weighted by Crippen LogP contribution is -2.12. The normalized spacial score (nSPS) is 10.2. The molecule has 0 saturated heterocycles. The van der Waals surface area contributed by atoms with Gasteiger partial charge in [-0.3, -0.25) is 9.48 Å². The molecule has 2 heterocycles. The summed E-state index contributed by atoms with van der Waals surface area (Å²) in [5, 5.41) is 7.04. The zero-order chi connectivity index (χ0) is 24.1. The highest BCUT2D eigenvalue weighted by molar-refractivity contribution is 6.04. The molecule has 0 bridgehead atoms. The third-order valence-electron chi connectivity index (χ3n) is 5.03. The van der Waals surface area contributed by atoms with Gasteiger partial charge >= 0.3 is 0 Å². The lowest BCUT2D eigenvalue weighted by molar-refractivity contribution is 0.102. The van der Waals surface area contributed by atoms with Gasteiger partial charge in [-0.1, -0.05) is 17.9 Å². The molecule has 4 rings (SSSR count). The van der Waals surface area contributed by atoms with E-state index in [-0.39, 0.29) is 5.91 Å². The first-order valence-electron chi connectivity index (χ1n) is 10.4. The lowest BCUT2D eigenvalue weighted by Gasteiger charge is -2.10. The topological polar surface area (TPSA) is 104 Å². The average Bonchev–Trinajstić information content (AvgIpc) is 3.29. The van der Waals surface area contributed by atoms with E-state index in [0.29, 0.717) is 39.7 Å². The third kappa shape index (κ3) is 5.16. The van der Waals surface area contributed by atoms with E-state index in [2.05, 4.69) is 27.2 Å². The van der Waals surface area contributed by atoms with E-state index in [9.17, 15) is 4.79 Å². The summed E-state index contributed by atoms with van der Waals surface area (Å²) in [5.74, 6) is 7.34. The molecule has 3 N–H and O–H groups in total. The van der Waals surface area contributed by atoms with Crippen LogP contribution in [0.1, 0.15) is 21.5 Å². The van der Waals surface area contributed by atoms with Crippen molar-refractivity contribution in [3.63, 3.8) is 0 Å². The minimum atomic E-state index is -0.279. The fourth-order valence-electron chi connectivity index (χ4n) is 3.26. The molecule has 0 atom stereocenters. The quantitative estimate of drug-likeness (QED) is 0.446. The zero-order valence-corrected chi connectivity index (χ0v) is 19.0. The maximum Gasteiger partial charge on any atom is 0.255 e. The Morgan fingerprint density at radius 2 is 1.76 bits per heavy atom. The van der Waals surface area contributed by atoms with E-state index in [1.54, 1.807) is 67.7 Å². The highest BCUT2D eigenvalue weighted by Crippen LogP contribution is 2.26. The van der Waals surface area contributed by atoms with Crippen molar-refractivity contribution in [1.82, 2.24) is 14.8 Å². The van der Waals surface area contributed by atoms with Gasteiger partial charge in [-0.2, -0.15) is 5.10 Å². The largest absolute Gasteiger partial charge is 0.497 e. The van der Waals surface area contributed by atoms with Gasteiger partial charge in [0, 0.05) is 65.6 Å². The fraction of sp³-hybridized carbons (Fsp3) is 0.115. The van der Waals surface area contributed by atoms with E-state index in [4.69, 9.17) is 15.2 Å². The summed E-state index contributed by atoms with van der Waals surface area (Å²) >= 11 is 0. The van der Waals surface area contributed by atoms with E-state index >= 15 is 0 Å². The Hall–Kier alpha value is -4.77. The lowest BCUT2D eigenvalue weighted by atomic mass is 10.1. The van der Waals surface area contributed by atoms with E-state index < -0.39 is 0 Å². The molecule has 0 unspecified atom stereocenters. The summed E-state index contributed by atoms with van der Waals surface area (Å²) in [6, 6.07) is 14.1. The van der Waals surface area contributed by atoms with Crippen LogP contribution in [-0.2, 0) is 7.05 Å². The van der Waals surface area contributed by atoms with Crippen LogP contribution in [-0.4, -0.2) is 34.9 Å². The molecule has 8 heteroatoms. The molecule has 0 aliphatic heterocycles. The molecular formula is C26H23N5O3. The van der Waals surface area contributed by atoms with Crippen molar-refractivity contribution >= 4 is 17.4 Å². The van der Waals surface area contributed by atoms with Crippen LogP contribution < -0.4 is 20.5 Å². The van der Waals surface area contributed by atoms with Gasteiger partial charge in [-0.15, -0.1) is 0 Å². The number of carbonyl (C=O) groups excluding carboxylic acids is 1. The number of methoxy groups -OCH3 is 2. The predicted octanol–water partition coefficient (Wildman–Crippen LogP) is 3.73. The number of hydrogen-bond acceptors (Lipinski definition) is 6. The standard InChI is InChI=1S/C26H23N5O3/c1-31-16-21(15-29-31)20-10-18(25(27)28-14-20)8-7-17-5-4-6-19(9-17)26(32)30-22-11-23(33-2)13-24(12-22)34-3/h4-6,9-16H,1-3H3,(H2,27,28)(H,30,32). The number of carbonyl (C=O) groups is 1. The Morgan fingerprint density at radius 1 is 1.00 bits per heavy atom. The van der Waals surface area contributed by atoms with Crippen LogP contribution in [0.2, 0.25) is 0 Å². The van der Waals surface area contributed by atoms with Crippen LogP contribution in [0, 0.1) is 11.8 Å². The van der Waals surface area contributed by atoms with Crippen molar-refractivity contribution in [2.75, 3.05) is 25.3 Å². The highest BCUT2D eigenvalue weighted by atomic mass is 16.5. The molecule has 0 aliphatic rings. The number of benzene rings is 2. The second-order valence-electron chi connectivity index (χ2n) is 7.45. The summed E-state index contributed by atoms with van der Waals surface area (Å²) in [5.41, 5.74) is 10.1. The Balaban J connectivity index is 1.56. The van der Waals surface area contributed by atoms with Gasteiger partial charge in [0.05, 0.1) is 26.0 Å². The zero-order valence-electron chi connectivity index (χ0n) is 19.0. The molecule has 1 amide bonds. The number of aryl methyl sites for hydroxylation is 1. The molecule has 2 aromatic carbocycles. The number of aromatic nitrogens is 3. The Bertz CT molecular complexity index is 1390. The van der Waals surface area contributed by atoms with Crippen molar-refractivity contribution in [1.29, 1.82) is 0 Å². The van der Waals surface area contributed by atoms with Crippen LogP contribution >= 0.6 is 0 Å². The predicted molar refractivity (Wildman–Crippen MR) is 131 cm³/mol. The van der Waals surface area contributed by atoms with E-state index in [1.807, 2.05) is 25.4 Å². The van der Waals surface area contributed by atoms with Gasteiger partial charge < -0.3 is 20.5 Å². The van der Waals surface area contributed by atoms with Gasteiger partial charge in [-0.05, 0) is 24.3 Å². The maximum atomic E-state index is 12.8. The second kappa shape index (κ2) is 9.79. The number of rotatable bonds is 5. The first-order valence-corrected chi connectivity index (χ1v) is 10.4. The molecule has 8 nitrogen and oxygen atoms in total. The molecule has 34 heavy (non-hydrogen) atoms. The highest BCUT2D eigenvalue weighted by Gasteiger charge is 2.09. The van der Waals surface area contributed by atoms with Crippen LogP contribution in [0.4, 0.5) is 11.5 Å². The van der Waals surface area contributed by atoms with Crippen molar-refractivity contribution in [2.24, 2.45) is 7.05 Å². The van der Waals surface area contributed by atoms with Crippen molar-refractivity contribution < 1.29 is 14.3 Å². The fourth-order valence-corrected chi connectivity index (χ4v) is 3.26. The minimum absolute atomic E-state index is 0.279. The summed E-state index contributed by atoms with van der Waals surface area (Å²) in [7, 11) is 4.96. The molecule has 0 saturated carbocycles. The second-order valence-corrected chi connectivity index (χ2v) is 7.45. The molecule has 170 valence electrons. The number of nitrogen functional groups attached to an aromatic ring is 1. The van der Waals surface area contributed by atoms with E-state index in [0.717, 1.165) is 11.1 Å². The summed E-state index contributed by atoms with van der Waals surface area (Å²) < 4.78 is 12.2. The maximum absolute atomic E-state index is 12.8. The number of nitrogens with two attached hydrogens (primary N) is 1. The van der Waals surface area contributed by atoms with Crippen LogP contribution in [0.15, 0.2) is 67.1 Å². The van der Waals surface area contributed by atoms with Crippen LogP contribution in [0.5, 0.6) is 11.5 Å². The number of nitrogens with one attached hydrogen (secondary N) is 1. The van der Waals surface area contributed by atoms with Crippen LogP contribution in [0.3, 0.4) is 0 Å². The molecule has 0 fully saturated rings. The summed E-state index contributed by atoms with van der Waals surface area (Å²) in [4.78, 5) is 17.1. The molecule has 0 spiro atoms. The van der Waals surface area contributed by atoms with Crippen molar-refractivity contribution in [3.8, 4) is 34.5 Å². The van der Waals surface area contributed by atoms with Gasteiger partial charge in [0.1, 0.15) is 17.3 Å². The molecule has 0 aliphatic carbocycles. The Morgan fingerprint density at radius 3 is 2.44 bits per heavy atom. The molecule has 4 aromatic rings. The SMILES string of the molecule is COc1cc(NC(=O)c2cccc(C#Cc3cc(-c4cnn(C)c4)cnc3N)c2)cc(OC)c1. The first-order chi connectivity index (χ1) is 16.4. The summed E-state index contributed by atoms with van der Waals surface area (Å²) in [6.45, 7) is 0. The van der Waals surface area contributed by atoms with Gasteiger partial charge in [0.15, 0.2) is 0 Å². The summed E-state index contributed by atoms with van der Waals surface area (Å²) in [6.07, 6.45) is 5.34. The number of pyridine rings is 1. The number of nitrogens with zero attached hydrogens (tertiary/aromatic N) is 3. The average molecular weight is 454 g/mol. The number of anilines is 2. The molecule has 2 aromatic heterocycles. The van der Waals surface area contributed by atoms with Crippen molar-refractivity contribution in [2.45, 2.75) is 0 Å². The van der Waals surface area contributed by atoms with E-state index in [1.165, 1.54) is 0 Å². The van der Waals surface area contributed by atoms with Crippen LogP contribution in [0.25, 0.3) is 11.1 Å². The minimum Gasteiger partial charge on any atom is -0.497 e. The monoisotopic (exact) mass is 453 g/mol. The number of amides is 1. The first kappa shape index (κ1) is 22.4. The number of ether oxygens (including phenoxy) is 2. The third-order valence-corrected chi connectivity index (χ3v) is 5.03. The molecular weight excluding hydrogens is 430 g/mol. The number of hydrogen-bond donors (Lipinski definition) is 2.